The summed E-state index contributed by atoms with van der Waals surface area (Å²) in [5.74, 6) is 1.01. The van der Waals surface area contributed by atoms with Crippen LogP contribution in [0.3, 0.4) is 0 Å². The van der Waals surface area contributed by atoms with Gasteiger partial charge in [0.2, 0.25) is 5.91 Å². The first-order chi connectivity index (χ1) is 11.2. The van der Waals surface area contributed by atoms with Crippen molar-refractivity contribution < 1.29 is 4.79 Å². The molecule has 1 atom stereocenters. The average Bonchev–Trinajstić information content (AvgIpc) is 2.96. The Morgan fingerprint density at radius 3 is 2.87 bits per heavy atom. The lowest BCUT2D eigenvalue weighted by atomic mass is 10.1. The zero-order valence-electron chi connectivity index (χ0n) is 13.4. The molecule has 1 fully saturated rings. The monoisotopic (exact) mass is 314 g/mol. The van der Waals surface area contributed by atoms with E-state index in [9.17, 15) is 4.79 Å². The second-order valence-corrected chi connectivity index (χ2v) is 5.88. The van der Waals surface area contributed by atoms with Crippen molar-refractivity contribution in [1.82, 2.24) is 24.9 Å². The van der Waals surface area contributed by atoms with Gasteiger partial charge in [-0.1, -0.05) is 6.92 Å². The zero-order chi connectivity index (χ0) is 16.1. The molecule has 2 aromatic rings. The van der Waals surface area contributed by atoms with Gasteiger partial charge >= 0.3 is 0 Å². The highest BCUT2D eigenvalue weighted by Crippen LogP contribution is 2.14. The second-order valence-electron chi connectivity index (χ2n) is 5.88. The highest BCUT2D eigenvalue weighted by atomic mass is 16.2. The van der Waals surface area contributed by atoms with Crippen molar-refractivity contribution >= 4 is 11.7 Å². The Morgan fingerprint density at radius 1 is 1.22 bits per heavy atom. The van der Waals surface area contributed by atoms with Gasteiger partial charge in [0, 0.05) is 44.8 Å². The van der Waals surface area contributed by atoms with Gasteiger partial charge in [-0.05, 0) is 24.6 Å². The molecule has 1 saturated heterocycles. The summed E-state index contributed by atoms with van der Waals surface area (Å²) in [6.45, 7) is 5.79. The number of carbonyl (C=O) groups is 1. The second kappa shape index (κ2) is 7.21. The lowest BCUT2D eigenvalue weighted by molar-refractivity contribution is -0.135. The molecule has 0 aliphatic carbocycles. The Bertz CT molecular complexity index is 615. The summed E-state index contributed by atoms with van der Waals surface area (Å²) in [7, 11) is 0. The number of hydrogen-bond donors (Lipinski definition) is 0. The van der Waals surface area contributed by atoms with E-state index in [1.165, 1.54) is 0 Å². The average molecular weight is 314 g/mol. The van der Waals surface area contributed by atoms with Crippen molar-refractivity contribution in [1.29, 1.82) is 0 Å². The first-order valence-corrected chi connectivity index (χ1v) is 8.03. The number of carbonyl (C=O) groups excluding carboxylic acids is 1. The van der Waals surface area contributed by atoms with E-state index < -0.39 is 0 Å². The van der Waals surface area contributed by atoms with Crippen LogP contribution >= 0.6 is 0 Å². The Labute approximate surface area is 135 Å². The van der Waals surface area contributed by atoms with Crippen LogP contribution in [0.5, 0.6) is 0 Å². The van der Waals surface area contributed by atoms with Crippen LogP contribution in [0, 0.1) is 5.92 Å². The molecule has 0 radical (unpaired) electrons. The third-order valence-electron chi connectivity index (χ3n) is 4.13. The fourth-order valence-electron chi connectivity index (χ4n) is 2.91. The molecule has 2 aromatic heterocycles. The molecule has 0 unspecified atom stereocenters. The van der Waals surface area contributed by atoms with Crippen LogP contribution in [0.25, 0.3) is 0 Å². The summed E-state index contributed by atoms with van der Waals surface area (Å²) in [6, 6.07) is 5.73. The van der Waals surface area contributed by atoms with Crippen molar-refractivity contribution in [3.05, 3.63) is 36.8 Å². The highest BCUT2D eigenvalue weighted by Gasteiger charge is 2.24. The van der Waals surface area contributed by atoms with Gasteiger partial charge in [0.05, 0.1) is 12.5 Å². The fraction of sp³-hybridized carbons (Fsp3) is 0.500. The molecule has 3 rings (SSSR count). The number of anilines is 1. The molecule has 0 saturated carbocycles. The minimum absolute atomic E-state index is 0.0713. The maximum atomic E-state index is 12.7. The zero-order valence-corrected chi connectivity index (χ0v) is 13.4. The molecule has 0 bridgehead atoms. The van der Waals surface area contributed by atoms with Gasteiger partial charge < -0.3 is 9.80 Å². The molecule has 7 heteroatoms. The summed E-state index contributed by atoms with van der Waals surface area (Å²) in [4.78, 5) is 16.8. The number of hydrogen-bond acceptors (Lipinski definition) is 5. The van der Waals surface area contributed by atoms with E-state index in [-0.39, 0.29) is 11.8 Å². The third kappa shape index (κ3) is 3.85. The fourth-order valence-corrected chi connectivity index (χ4v) is 2.91. The highest BCUT2D eigenvalue weighted by molar-refractivity contribution is 5.78. The Hall–Kier alpha value is -2.44. The Kier molecular flexibility index (Phi) is 4.85. The first kappa shape index (κ1) is 15.5. The van der Waals surface area contributed by atoms with Crippen LogP contribution in [-0.4, -0.2) is 57.0 Å². The number of aromatic nitrogens is 4. The van der Waals surface area contributed by atoms with Crippen molar-refractivity contribution in [2.75, 3.05) is 31.1 Å². The maximum Gasteiger partial charge on any atom is 0.227 e. The molecule has 1 aliphatic rings. The van der Waals surface area contributed by atoms with E-state index in [0.29, 0.717) is 6.54 Å². The van der Waals surface area contributed by atoms with Gasteiger partial charge in [-0.15, -0.1) is 5.10 Å². The molecule has 7 nitrogen and oxygen atoms in total. The van der Waals surface area contributed by atoms with E-state index in [1.54, 1.807) is 12.4 Å². The molecule has 1 aliphatic heterocycles. The first-order valence-electron chi connectivity index (χ1n) is 8.03. The number of amides is 1. The molecule has 122 valence electrons. The van der Waals surface area contributed by atoms with Crippen LogP contribution in [-0.2, 0) is 11.3 Å². The minimum atomic E-state index is -0.0713. The summed E-state index contributed by atoms with van der Waals surface area (Å²) in [6.07, 6.45) is 6.24. The maximum absolute atomic E-state index is 12.7. The van der Waals surface area contributed by atoms with Crippen LogP contribution in [0.4, 0.5) is 5.82 Å². The Balaban J connectivity index is 1.58. The van der Waals surface area contributed by atoms with E-state index >= 15 is 0 Å². The van der Waals surface area contributed by atoms with Crippen LogP contribution in [0.15, 0.2) is 36.8 Å². The summed E-state index contributed by atoms with van der Waals surface area (Å²) in [5.41, 5.74) is 0. The van der Waals surface area contributed by atoms with E-state index in [1.807, 2.05) is 40.9 Å². The van der Waals surface area contributed by atoms with Gasteiger partial charge in [0.1, 0.15) is 0 Å². The molecular formula is C16H22N6O. The van der Waals surface area contributed by atoms with Crippen LogP contribution < -0.4 is 4.90 Å². The van der Waals surface area contributed by atoms with Crippen molar-refractivity contribution in [3.8, 4) is 0 Å². The largest absolute Gasteiger partial charge is 0.353 e. The molecule has 0 aromatic carbocycles. The SMILES string of the molecule is C[C@H](Cn1cccn1)C(=O)N1CCCN(c2cccnn2)CC1. The van der Waals surface area contributed by atoms with Gasteiger partial charge in [-0.2, -0.15) is 10.2 Å². The smallest absolute Gasteiger partial charge is 0.227 e. The Morgan fingerprint density at radius 2 is 2.13 bits per heavy atom. The summed E-state index contributed by atoms with van der Waals surface area (Å²) >= 11 is 0. The predicted octanol–water partition coefficient (Wildman–Crippen LogP) is 1.05. The predicted molar refractivity (Wildman–Crippen MR) is 86.8 cm³/mol. The quantitative estimate of drug-likeness (QED) is 0.844. The molecule has 23 heavy (non-hydrogen) atoms. The standard InChI is InChI=1S/C16H22N6O/c1-14(13-22-10-3-7-18-22)16(23)21-9-4-8-20(11-12-21)15-5-2-6-17-19-15/h2-3,5-7,10,14H,4,8-9,11-13H2,1H3/t14-/m1/s1. The van der Waals surface area contributed by atoms with Crippen molar-refractivity contribution in [3.63, 3.8) is 0 Å². The summed E-state index contributed by atoms with van der Waals surface area (Å²) < 4.78 is 1.81. The minimum Gasteiger partial charge on any atom is -0.353 e. The summed E-state index contributed by atoms with van der Waals surface area (Å²) in [5, 5.41) is 12.3. The molecular weight excluding hydrogens is 292 g/mol. The van der Waals surface area contributed by atoms with Crippen molar-refractivity contribution in [2.45, 2.75) is 19.9 Å². The molecule has 0 spiro atoms. The van der Waals surface area contributed by atoms with E-state index in [2.05, 4.69) is 20.2 Å². The number of nitrogens with zero attached hydrogens (tertiary/aromatic N) is 6. The van der Waals surface area contributed by atoms with Gasteiger partial charge in [0.25, 0.3) is 0 Å². The van der Waals surface area contributed by atoms with E-state index in [4.69, 9.17) is 0 Å². The third-order valence-corrected chi connectivity index (χ3v) is 4.13. The van der Waals surface area contributed by atoms with Gasteiger partial charge in [-0.25, -0.2) is 0 Å². The van der Waals surface area contributed by atoms with Crippen LogP contribution in [0.1, 0.15) is 13.3 Å². The number of rotatable bonds is 4. The molecule has 0 N–H and O–H groups in total. The van der Waals surface area contributed by atoms with Crippen molar-refractivity contribution in [2.24, 2.45) is 5.92 Å². The van der Waals surface area contributed by atoms with Gasteiger partial charge in [0.15, 0.2) is 5.82 Å². The van der Waals surface area contributed by atoms with Gasteiger partial charge in [-0.3, -0.25) is 9.48 Å². The topological polar surface area (TPSA) is 67.2 Å². The molecule has 3 heterocycles. The molecule has 1 amide bonds. The lowest BCUT2D eigenvalue weighted by Gasteiger charge is -2.25. The lowest BCUT2D eigenvalue weighted by Crippen LogP contribution is -2.39. The normalized spacial score (nSPS) is 16.9. The van der Waals surface area contributed by atoms with E-state index in [0.717, 1.165) is 38.4 Å². The van der Waals surface area contributed by atoms with Crippen LogP contribution in [0.2, 0.25) is 0 Å².